The zero-order valence-corrected chi connectivity index (χ0v) is 8.43. The average Bonchev–Trinajstić information content (AvgIpc) is 2.05. The number of nitrogens with two attached hydrogens (primary N) is 1. The summed E-state index contributed by atoms with van der Waals surface area (Å²) in [6.07, 6.45) is 1.01. The highest BCUT2D eigenvalue weighted by molar-refractivity contribution is 4.86. The van der Waals surface area contributed by atoms with E-state index < -0.39 is 0 Å². The van der Waals surface area contributed by atoms with Gasteiger partial charge < -0.3 is 11.1 Å². The second-order valence-corrected chi connectivity index (χ2v) is 3.96. The van der Waals surface area contributed by atoms with Crippen LogP contribution in [-0.4, -0.2) is 36.2 Å². The van der Waals surface area contributed by atoms with Crippen LogP contribution >= 0.6 is 0 Å². The molecule has 1 rings (SSSR count). The van der Waals surface area contributed by atoms with Crippen LogP contribution in [0.4, 0.5) is 0 Å². The van der Waals surface area contributed by atoms with Crippen molar-refractivity contribution in [3.8, 4) is 0 Å². The monoisotopic (exact) mass is 171 g/mol. The van der Waals surface area contributed by atoms with E-state index in [1.54, 1.807) is 0 Å². The van der Waals surface area contributed by atoms with Gasteiger partial charge in [0.25, 0.3) is 0 Å². The molecule has 0 aromatic carbocycles. The molecule has 3 nitrogen and oxygen atoms in total. The van der Waals surface area contributed by atoms with Crippen LogP contribution in [0, 0.1) is 0 Å². The van der Waals surface area contributed by atoms with Gasteiger partial charge in [0.15, 0.2) is 0 Å². The highest BCUT2D eigenvalue weighted by Gasteiger charge is 2.30. The van der Waals surface area contributed by atoms with Gasteiger partial charge in [-0.3, -0.25) is 4.90 Å². The second kappa shape index (κ2) is 3.73. The first-order valence-corrected chi connectivity index (χ1v) is 4.84. The molecular formula is C9H21N3. The topological polar surface area (TPSA) is 41.3 Å². The van der Waals surface area contributed by atoms with E-state index in [1.165, 1.54) is 0 Å². The molecule has 1 heterocycles. The Balaban J connectivity index is 2.58. The Labute approximate surface area is 75.3 Å². The fourth-order valence-electron chi connectivity index (χ4n) is 1.80. The maximum atomic E-state index is 6.18. The van der Waals surface area contributed by atoms with Crippen molar-refractivity contribution in [1.82, 2.24) is 10.2 Å². The van der Waals surface area contributed by atoms with Gasteiger partial charge in [0.2, 0.25) is 0 Å². The zero-order chi connectivity index (χ0) is 9.19. The van der Waals surface area contributed by atoms with E-state index in [0.29, 0.717) is 6.04 Å². The van der Waals surface area contributed by atoms with E-state index in [-0.39, 0.29) is 5.66 Å². The predicted molar refractivity (Wildman–Crippen MR) is 51.9 cm³/mol. The Morgan fingerprint density at radius 2 is 2.33 bits per heavy atom. The van der Waals surface area contributed by atoms with Crippen molar-refractivity contribution < 1.29 is 0 Å². The van der Waals surface area contributed by atoms with Crippen molar-refractivity contribution in [2.45, 2.75) is 38.9 Å². The molecule has 1 aliphatic rings. The molecule has 0 radical (unpaired) electrons. The smallest absolute Gasteiger partial charge is 0.0658 e. The van der Waals surface area contributed by atoms with Gasteiger partial charge in [-0.1, -0.05) is 6.92 Å². The molecule has 1 fully saturated rings. The van der Waals surface area contributed by atoms with Crippen LogP contribution in [0.3, 0.4) is 0 Å². The van der Waals surface area contributed by atoms with Crippen molar-refractivity contribution in [3.63, 3.8) is 0 Å². The Kier molecular flexibility index (Phi) is 3.09. The van der Waals surface area contributed by atoms with Crippen LogP contribution in [0.1, 0.15) is 27.2 Å². The van der Waals surface area contributed by atoms with Gasteiger partial charge in [-0.25, -0.2) is 0 Å². The van der Waals surface area contributed by atoms with Gasteiger partial charge >= 0.3 is 0 Å². The van der Waals surface area contributed by atoms with E-state index >= 15 is 0 Å². The van der Waals surface area contributed by atoms with E-state index in [9.17, 15) is 0 Å². The lowest BCUT2D eigenvalue weighted by atomic mass is 10.0. The lowest BCUT2D eigenvalue weighted by molar-refractivity contribution is 0.0461. The Bertz CT molecular complexity index is 145. The molecule has 12 heavy (non-hydrogen) atoms. The molecular weight excluding hydrogens is 150 g/mol. The SMILES string of the molecule is CCC(C)(N)N1CCNCC1C. The molecule has 0 spiro atoms. The maximum Gasteiger partial charge on any atom is 0.0658 e. The minimum atomic E-state index is -0.123. The summed E-state index contributed by atoms with van der Waals surface area (Å²) in [5.74, 6) is 0. The van der Waals surface area contributed by atoms with Crippen molar-refractivity contribution >= 4 is 0 Å². The first kappa shape index (κ1) is 9.96. The molecule has 2 unspecified atom stereocenters. The molecule has 0 saturated carbocycles. The summed E-state index contributed by atoms with van der Waals surface area (Å²) in [4.78, 5) is 2.39. The zero-order valence-electron chi connectivity index (χ0n) is 8.43. The molecule has 72 valence electrons. The van der Waals surface area contributed by atoms with Gasteiger partial charge in [-0.15, -0.1) is 0 Å². The minimum absolute atomic E-state index is 0.123. The fourth-order valence-corrected chi connectivity index (χ4v) is 1.80. The lowest BCUT2D eigenvalue weighted by Crippen LogP contribution is -2.63. The van der Waals surface area contributed by atoms with Gasteiger partial charge in [0.05, 0.1) is 5.66 Å². The van der Waals surface area contributed by atoms with E-state index in [1.807, 2.05) is 0 Å². The number of rotatable bonds is 2. The van der Waals surface area contributed by atoms with Crippen LogP contribution in [0.5, 0.6) is 0 Å². The standard InChI is InChI=1S/C9H21N3/c1-4-9(3,10)12-6-5-11-7-8(12)2/h8,11H,4-7,10H2,1-3H3. The molecule has 3 heteroatoms. The normalized spacial score (nSPS) is 31.5. The predicted octanol–water partition coefficient (Wildman–Crippen LogP) is 0.365. The third kappa shape index (κ3) is 1.97. The van der Waals surface area contributed by atoms with Crippen LogP contribution in [-0.2, 0) is 0 Å². The van der Waals surface area contributed by atoms with Crippen molar-refractivity contribution in [2.24, 2.45) is 5.73 Å². The highest BCUT2D eigenvalue weighted by atomic mass is 15.3. The van der Waals surface area contributed by atoms with Gasteiger partial charge in [-0.05, 0) is 20.3 Å². The second-order valence-electron chi connectivity index (χ2n) is 3.96. The maximum absolute atomic E-state index is 6.18. The van der Waals surface area contributed by atoms with Crippen molar-refractivity contribution in [3.05, 3.63) is 0 Å². The first-order chi connectivity index (χ1) is 5.58. The summed E-state index contributed by atoms with van der Waals surface area (Å²) in [5, 5.41) is 3.36. The number of nitrogens with one attached hydrogen (secondary N) is 1. The Morgan fingerprint density at radius 3 is 2.83 bits per heavy atom. The Hall–Kier alpha value is -0.120. The third-order valence-electron chi connectivity index (χ3n) is 2.87. The molecule has 2 atom stereocenters. The van der Waals surface area contributed by atoms with Crippen LogP contribution in [0.25, 0.3) is 0 Å². The van der Waals surface area contributed by atoms with E-state index in [4.69, 9.17) is 5.73 Å². The lowest BCUT2D eigenvalue weighted by Gasteiger charge is -2.44. The summed E-state index contributed by atoms with van der Waals surface area (Å²) in [6, 6.07) is 0.564. The molecule has 0 bridgehead atoms. The molecule has 0 aromatic rings. The number of nitrogens with zero attached hydrogens (tertiary/aromatic N) is 1. The van der Waals surface area contributed by atoms with Gasteiger partial charge in [0, 0.05) is 25.7 Å². The number of hydrogen-bond acceptors (Lipinski definition) is 3. The summed E-state index contributed by atoms with van der Waals surface area (Å²) in [5.41, 5.74) is 6.06. The number of hydrogen-bond donors (Lipinski definition) is 2. The molecule has 0 aromatic heterocycles. The summed E-state index contributed by atoms with van der Waals surface area (Å²) in [6.45, 7) is 9.70. The molecule has 0 amide bonds. The van der Waals surface area contributed by atoms with E-state index in [0.717, 1.165) is 26.1 Å². The van der Waals surface area contributed by atoms with Crippen LogP contribution in [0.15, 0.2) is 0 Å². The van der Waals surface area contributed by atoms with Crippen LogP contribution < -0.4 is 11.1 Å². The van der Waals surface area contributed by atoms with Crippen molar-refractivity contribution in [1.29, 1.82) is 0 Å². The molecule has 1 aliphatic heterocycles. The summed E-state index contributed by atoms with van der Waals surface area (Å²) in [7, 11) is 0. The van der Waals surface area contributed by atoms with Gasteiger partial charge in [0.1, 0.15) is 0 Å². The fraction of sp³-hybridized carbons (Fsp3) is 1.00. The average molecular weight is 171 g/mol. The Morgan fingerprint density at radius 1 is 1.67 bits per heavy atom. The molecule has 0 aliphatic carbocycles. The number of piperazine rings is 1. The van der Waals surface area contributed by atoms with E-state index in [2.05, 4.69) is 31.0 Å². The van der Waals surface area contributed by atoms with Crippen LogP contribution in [0.2, 0.25) is 0 Å². The molecule has 1 saturated heterocycles. The van der Waals surface area contributed by atoms with Crippen molar-refractivity contribution in [2.75, 3.05) is 19.6 Å². The minimum Gasteiger partial charge on any atom is -0.314 e. The molecule has 3 N–H and O–H groups in total. The third-order valence-corrected chi connectivity index (χ3v) is 2.87. The largest absolute Gasteiger partial charge is 0.314 e. The first-order valence-electron chi connectivity index (χ1n) is 4.84. The quantitative estimate of drug-likeness (QED) is 0.630. The summed E-state index contributed by atoms with van der Waals surface area (Å²) >= 11 is 0. The highest BCUT2D eigenvalue weighted by Crippen LogP contribution is 2.16. The summed E-state index contributed by atoms with van der Waals surface area (Å²) < 4.78 is 0. The van der Waals surface area contributed by atoms with Gasteiger partial charge in [-0.2, -0.15) is 0 Å².